The third kappa shape index (κ3) is 5.02. The van der Waals surface area contributed by atoms with Crippen LogP contribution in [0.5, 0.6) is 5.75 Å². The Morgan fingerprint density at radius 2 is 1.84 bits per heavy atom. The average Bonchev–Trinajstić information content (AvgIpc) is 3.03. The van der Waals surface area contributed by atoms with Gasteiger partial charge in [-0.1, -0.05) is 44.2 Å². The summed E-state index contributed by atoms with van der Waals surface area (Å²) in [6.45, 7) is 7.46. The summed E-state index contributed by atoms with van der Waals surface area (Å²) < 4.78 is 10.9. The molecule has 1 unspecified atom stereocenters. The van der Waals surface area contributed by atoms with Gasteiger partial charge in [-0.15, -0.1) is 0 Å². The first-order chi connectivity index (χ1) is 15.3. The van der Waals surface area contributed by atoms with Crippen LogP contribution in [0.15, 0.2) is 54.1 Å². The second-order valence-corrected chi connectivity index (χ2v) is 8.43. The second-order valence-electron chi connectivity index (χ2n) is 8.43. The molecule has 1 aliphatic heterocycles. The zero-order chi connectivity index (χ0) is 23.3. The van der Waals surface area contributed by atoms with Gasteiger partial charge in [-0.3, -0.25) is 9.59 Å². The third-order valence-corrected chi connectivity index (χ3v) is 5.42. The maximum atomic E-state index is 13.0. The number of aryl methyl sites for hydroxylation is 1. The van der Waals surface area contributed by atoms with Crippen molar-refractivity contribution in [2.24, 2.45) is 5.92 Å². The first-order valence-electron chi connectivity index (χ1n) is 10.9. The smallest absolute Gasteiger partial charge is 0.295 e. The molecule has 1 aliphatic rings. The van der Waals surface area contributed by atoms with Crippen LogP contribution in [-0.2, 0) is 14.3 Å². The van der Waals surface area contributed by atoms with Crippen molar-refractivity contribution in [3.63, 3.8) is 0 Å². The van der Waals surface area contributed by atoms with Gasteiger partial charge in [-0.05, 0) is 48.6 Å². The molecule has 1 amide bonds. The summed E-state index contributed by atoms with van der Waals surface area (Å²) in [5.41, 5.74) is 2.21. The van der Waals surface area contributed by atoms with Gasteiger partial charge in [0.2, 0.25) is 0 Å². The molecular formula is C26H31NO5. The van der Waals surface area contributed by atoms with Crippen LogP contribution in [0.25, 0.3) is 5.76 Å². The van der Waals surface area contributed by atoms with Crippen LogP contribution in [-0.4, -0.2) is 48.6 Å². The molecule has 32 heavy (non-hydrogen) atoms. The molecule has 0 radical (unpaired) electrons. The summed E-state index contributed by atoms with van der Waals surface area (Å²) in [6.07, 6.45) is 0.591. The van der Waals surface area contributed by atoms with Gasteiger partial charge in [0.25, 0.3) is 11.7 Å². The minimum absolute atomic E-state index is 0.105. The fraction of sp³-hybridized carbons (Fsp3) is 0.385. The van der Waals surface area contributed by atoms with Gasteiger partial charge in [0.1, 0.15) is 11.5 Å². The van der Waals surface area contributed by atoms with E-state index >= 15 is 0 Å². The molecule has 1 fully saturated rings. The lowest BCUT2D eigenvalue weighted by molar-refractivity contribution is -0.140. The van der Waals surface area contributed by atoms with E-state index in [0.717, 1.165) is 16.9 Å². The highest BCUT2D eigenvalue weighted by atomic mass is 16.5. The van der Waals surface area contributed by atoms with Crippen LogP contribution >= 0.6 is 0 Å². The van der Waals surface area contributed by atoms with Crippen molar-refractivity contribution >= 4 is 17.4 Å². The number of rotatable bonds is 9. The van der Waals surface area contributed by atoms with Gasteiger partial charge >= 0.3 is 0 Å². The number of ketones is 1. The molecule has 1 heterocycles. The summed E-state index contributed by atoms with van der Waals surface area (Å²) >= 11 is 0. The molecule has 2 aromatic rings. The number of Topliss-reactive ketones (excluding diaryl/α,β-unsaturated/α-hetero) is 1. The standard InChI is InChI=1S/C26H31NO5/c1-17(2)16-32-21-12-11-20(15-18(21)3)24(28)22-23(19-9-6-5-7-10-19)27(13-8-14-31-4)26(30)25(22)29/h5-7,9-12,15,17,23,28H,8,13-14,16H2,1-4H3. The molecule has 6 nitrogen and oxygen atoms in total. The number of methoxy groups -OCH3 is 1. The zero-order valence-electron chi connectivity index (χ0n) is 19.1. The maximum Gasteiger partial charge on any atom is 0.295 e. The highest BCUT2D eigenvalue weighted by molar-refractivity contribution is 6.46. The van der Waals surface area contributed by atoms with Crippen LogP contribution in [0.4, 0.5) is 0 Å². The molecule has 0 bridgehead atoms. The molecule has 0 aromatic heterocycles. The lowest BCUT2D eigenvalue weighted by Crippen LogP contribution is -2.31. The van der Waals surface area contributed by atoms with E-state index in [1.54, 1.807) is 25.3 Å². The van der Waals surface area contributed by atoms with Crippen molar-refractivity contribution in [3.05, 3.63) is 70.8 Å². The number of amides is 1. The van der Waals surface area contributed by atoms with Gasteiger partial charge in [-0.2, -0.15) is 0 Å². The van der Waals surface area contributed by atoms with Crippen molar-refractivity contribution in [2.45, 2.75) is 33.2 Å². The van der Waals surface area contributed by atoms with Gasteiger partial charge in [0.05, 0.1) is 18.2 Å². The number of nitrogens with zero attached hydrogens (tertiary/aromatic N) is 1. The van der Waals surface area contributed by atoms with Crippen LogP contribution < -0.4 is 4.74 Å². The van der Waals surface area contributed by atoms with Crippen molar-refractivity contribution in [1.82, 2.24) is 4.90 Å². The Balaban J connectivity index is 2.03. The predicted octanol–water partition coefficient (Wildman–Crippen LogP) is 4.49. The first-order valence-corrected chi connectivity index (χ1v) is 10.9. The monoisotopic (exact) mass is 437 g/mol. The van der Waals surface area contributed by atoms with E-state index in [-0.39, 0.29) is 11.3 Å². The number of aliphatic hydroxyl groups is 1. The Kier molecular flexibility index (Phi) is 7.70. The van der Waals surface area contributed by atoms with Gasteiger partial charge in [0.15, 0.2) is 0 Å². The minimum atomic E-state index is -0.674. The average molecular weight is 438 g/mol. The van der Waals surface area contributed by atoms with Gasteiger partial charge in [0, 0.05) is 25.8 Å². The van der Waals surface area contributed by atoms with E-state index in [2.05, 4.69) is 13.8 Å². The van der Waals surface area contributed by atoms with Gasteiger partial charge in [-0.25, -0.2) is 0 Å². The van der Waals surface area contributed by atoms with E-state index in [0.29, 0.717) is 37.7 Å². The number of hydrogen-bond acceptors (Lipinski definition) is 5. The van der Waals surface area contributed by atoms with Gasteiger partial charge < -0.3 is 19.5 Å². The minimum Gasteiger partial charge on any atom is -0.507 e. The third-order valence-electron chi connectivity index (χ3n) is 5.42. The van der Waals surface area contributed by atoms with Crippen molar-refractivity contribution in [2.75, 3.05) is 26.9 Å². The van der Waals surface area contributed by atoms with Crippen LogP contribution in [0.3, 0.4) is 0 Å². The first kappa shape index (κ1) is 23.5. The molecule has 0 saturated carbocycles. The molecule has 6 heteroatoms. The van der Waals surface area contributed by atoms with Crippen molar-refractivity contribution < 1.29 is 24.2 Å². The summed E-state index contributed by atoms with van der Waals surface area (Å²) in [5.74, 6) is -0.334. The predicted molar refractivity (Wildman–Crippen MR) is 123 cm³/mol. The fourth-order valence-corrected chi connectivity index (χ4v) is 3.84. The second kappa shape index (κ2) is 10.5. The molecule has 0 aliphatic carbocycles. The Bertz CT molecular complexity index is 997. The highest BCUT2D eigenvalue weighted by Crippen LogP contribution is 2.39. The molecule has 0 spiro atoms. The topological polar surface area (TPSA) is 76.1 Å². The highest BCUT2D eigenvalue weighted by Gasteiger charge is 2.45. The zero-order valence-corrected chi connectivity index (χ0v) is 19.1. The quantitative estimate of drug-likeness (QED) is 0.271. The van der Waals surface area contributed by atoms with Crippen molar-refractivity contribution in [3.8, 4) is 5.75 Å². The Hall–Kier alpha value is -3.12. The lowest BCUT2D eigenvalue weighted by Gasteiger charge is -2.25. The van der Waals surface area contributed by atoms with E-state index in [1.165, 1.54) is 4.90 Å². The van der Waals surface area contributed by atoms with Crippen LogP contribution in [0, 0.1) is 12.8 Å². The molecule has 1 atom stereocenters. The summed E-state index contributed by atoms with van der Waals surface area (Å²) in [4.78, 5) is 27.4. The molecule has 1 saturated heterocycles. The summed E-state index contributed by atoms with van der Waals surface area (Å²) in [5, 5.41) is 11.2. The number of carbonyl (C=O) groups excluding carboxylic acids is 2. The largest absolute Gasteiger partial charge is 0.507 e. The number of carbonyl (C=O) groups is 2. The number of ether oxygens (including phenoxy) is 2. The SMILES string of the molecule is COCCCN1C(=O)C(=O)C(=C(O)c2ccc(OCC(C)C)c(C)c2)C1c1ccccc1. The molecule has 1 N–H and O–H groups in total. The van der Waals surface area contributed by atoms with Crippen LogP contribution in [0.2, 0.25) is 0 Å². The van der Waals surface area contributed by atoms with Crippen LogP contribution in [0.1, 0.15) is 43.0 Å². The molecule has 3 rings (SSSR count). The van der Waals surface area contributed by atoms with E-state index < -0.39 is 17.7 Å². The molecular weight excluding hydrogens is 406 g/mol. The Labute approximate surface area is 189 Å². The number of benzene rings is 2. The molecule has 170 valence electrons. The fourth-order valence-electron chi connectivity index (χ4n) is 3.84. The summed E-state index contributed by atoms with van der Waals surface area (Å²) in [7, 11) is 1.60. The molecule has 2 aromatic carbocycles. The summed E-state index contributed by atoms with van der Waals surface area (Å²) in [6, 6.07) is 14.0. The Morgan fingerprint density at radius 1 is 1.12 bits per heavy atom. The number of likely N-dealkylation sites (tertiary alicyclic amines) is 1. The lowest BCUT2D eigenvalue weighted by atomic mass is 9.95. The van der Waals surface area contributed by atoms with Crippen molar-refractivity contribution in [1.29, 1.82) is 0 Å². The number of aliphatic hydroxyl groups excluding tert-OH is 1. The van der Waals surface area contributed by atoms with E-state index in [9.17, 15) is 14.7 Å². The maximum absolute atomic E-state index is 13.0. The van der Waals surface area contributed by atoms with E-state index in [1.807, 2.05) is 37.3 Å². The number of hydrogen-bond donors (Lipinski definition) is 1. The normalized spacial score (nSPS) is 17.9. The Morgan fingerprint density at radius 3 is 2.47 bits per heavy atom. The van der Waals surface area contributed by atoms with E-state index in [4.69, 9.17) is 9.47 Å².